The Morgan fingerprint density at radius 2 is 1.77 bits per heavy atom. The van der Waals surface area contributed by atoms with Crippen LogP contribution in [0.15, 0.2) is 0 Å². The smallest absolute Gasteiger partial charge is 0.362 e. The van der Waals surface area contributed by atoms with Crippen molar-refractivity contribution in [1.82, 2.24) is 10.0 Å². The predicted octanol–water partition coefficient (Wildman–Crippen LogP) is 1.90. The predicted molar refractivity (Wildman–Crippen MR) is 75.8 cm³/mol. The summed E-state index contributed by atoms with van der Waals surface area (Å²) in [5.41, 5.74) is -0.179. The zero-order valence-corrected chi connectivity index (χ0v) is 13.2. The van der Waals surface area contributed by atoms with Crippen molar-refractivity contribution in [3.05, 3.63) is 0 Å². The molecule has 130 valence electrons. The molecule has 0 bridgehead atoms. The van der Waals surface area contributed by atoms with Crippen LogP contribution in [0.2, 0.25) is 0 Å². The topological polar surface area (TPSA) is 67.4 Å². The Bertz CT molecular complexity index is 458. The van der Waals surface area contributed by atoms with Crippen molar-refractivity contribution in [2.24, 2.45) is 0 Å². The molecule has 0 heterocycles. The van der Waals surface area contributed by atoms with Gasteiger partial charge in [0, 0.05) is 11.6 Å². The summed E-state index contributed by atoms with van der Waals surface area (Å²) in [6, 6.07) is 0.444. The van der Waals surface area contributed by atoms with E-state index in [0.717, 1.165) is 25.7 Å². The summed E-state index contributed by atoms with van der Waals surface area (Å²) in [5, 5.41) is 3.53. The third-order valence-corrected chi connectivity index (χ3v) is 5.14. The zero-order chi connectivity index (χ0) is 16.3. The van der Waals surface area contributed by atoms with E-state index in [0.29, 0.717) is 6.04 Å². The molecule has 2 rings (SSSR count). The number of rotatable bonds is 8. The molecule has 0 spiro atoms. The number of alkyl halides is 3. The minimum atomic E-state index is -4.56. The fourth-order valence-corrected chi connectivity index (χ4v) is 3.51. The Labute approximate surface area is 129 Å². The van der Waals surface area contributed by atoms with Crippen molar-refractivity contribution in [2.75, 3.05) is 19.1 Å². The molecule has 0 aromatic rings. The van der Waals surface area contributed by atoms with E-state index in [9.17, 15) is 21.6 Å². The summed E-state index contributed by atoms with van der Waals surface area (Å²) >= 11 is 0. The normalized spacial score (nSPS) is 22.7. The molecule has 0 saturated heterocycles. The largest absolute Gasteiger partial charge is 0.402 e. The SMILES string of the molecule is O=S(=O)(COCC1(NC2CCCCC2)CC1)NCC(F)(F)F. The van der Waals surface area contributed by atoms with Crippen molar-refractivity contribution in [2.45, 2.75) is 62.7 Å². The molecule has 0 atom stereocenters. The second kappa shape index (κ2) is 7.02. The lowest BCUT2D eigenvalue weighted by Gasteiger charge is -2.28. The molecule has 0 aliphatic heterocycles. The first-order valence-corrected chi connectivity index (χ1v) is 9.25. The van der Waals surface area contributed by atoms with E-state index in [1.165, 1.54) is 24.0 Å². The third-order valence-electron chi connectivity index (χ3n) is 4.08. The zero-order valence-electron chi connectivity index (χ0n) is 12.4. The van der Waals surface area contributed by atoms with Gasteiger partial charge in [0.2, 0.25) is 10.0 Å². The van der Waals surface area contributed by atoms with Crippen LogP contribution in [0.25, 0.3) is 0 Å². The molecular weight excluding hydrogens is 321 g/mol. The van der Waals surface area contributed by atoms with Gasteiger partial charge in [-0.15, -0.1) is 0 Å². The number of sulfonamides is 1. The van der Waals surface area contributed by atoms with Gasteiger partial charge in [0.15, 0.2) is 5.94 Å². The second-order valence-electron chi connectivity index (χ2n) is 6.28. The first kappa shape index (κ1) is 18.0. The van der Waals surface area contributed by atoms with Crippen molar-refractivity contribution >= 4 is 10.0 Å². The van der Waals surface area contributed by atoms with Crippen LogP contribution in [0.4, 0.5) is 13.2 Å². The molecule has 2 N–H and O–H groups in total. The molecule has 9 heteroatoms. The Balaban J connectivity index is 1.69. The fourth-order valence-electron chi connectivity index (χ4n) is 2.74. The molecule has 0 amide bonds. The molecule has 2 aliphatic carbocycles. The molecule has 0 aromatic carbocycles. The van der Waals surface area contributed by atoms with Crippen LogP contribution in [-0.2, 0) is 14.8 Å². The van der Waals surface area contributed by atoms with Crippen LogP contribution in [0, 0.1) is 0 Å². The highest BCUT2D eigenvalue weighted by molar-refractivity contribution is 7.89. The lowest BCUT2D eigenvalue weighted by Crippen LogP contribution is -2.44. The summed E-state index contributed by atoms with van der Waals surface area (Å²) in [7, 11) is -4.06. The minimum absolute atomic E-state index is 0.179. The van der Waals surface area contributed by atoms with Gasteiger partial charge in [-0.05, 0) is 25.7 Å². The van der Waals surface area contributed by atoms with E-state index in [4.69, 9.17) is 4.74 Å². The number of ether oxygens (including phenoxy) is 1. The van der Waals surface area contributed by atoms with Gasteiger partial charge in [-0.3, -0.25) is 0 Å². The summed E-state index contributed by atoms with van der Waals surface area (Å²) in [6.45, 7) is -1.35. The van der Waals surface area contributed by atoms with Crippen LogP contribution in [-0.4, -0.2) is 45.3 Å². The molecule has 5 nitrogen and oxygen atoms in total. The molecule has 2 saturated carbocycles. The van der Waals surface area contributed by atoms with Crippen molar-refractivity contribution in [3.8, 4) is 0 Å². The van der Waals surface area contributed by atoms with Gasteiger partial charge in [-0.2, -0.15) is 13.2 Å². The van der Waals surface area contributed by atoms with Gasteiger partial charge < -0.3 is 10.1 Å². The molecule has 2 fully saturated rings. The van der Waals surface area contributed by atoms with Gasteiger partial charge in [-0.25, -0.2) is 13.1 Å². The van der Waals surface area contributed by atoms with Crippen LogP contribution >= 0.6 is 0 Å². The monoisotopic (exact) mass is 344 g/mol. The van der Waals surface area contributed by atoms with Gasteiger partial charge in [0.1, 0.15) is 6.54 Å². The van der Waals surface area contributed by atoms with Crippen LogP contribution in [0.5, 0.6) is 0 Å². The summed E-state index contributed by atoms with van der Waals surface area (Å²) < 4.78 is 65.4. The fraction of sp³-hybridized carbons (Fsp3) is 1.00. The maximum absolute atomic E-state index is 12.0. The maximum Gasteiger partial charge on any atom is 0.402 e. The first-order valence-electron chi connectivity index (χ1n) is 7.59. The van der Waals surface area contributed by atoms with Crippen LogP contribution < -0.4 is 10.0 Å². The highest BCUT2D eigenvalue weighted by atomic mass is 32.2. The summed E-state index contributed by atoms with van der Waals surface area (Å²) in [6.07, 6.45) is 3.16. The third kappa shape index (κ3) is 6.39. The van der Waals surface area contributed by atoms with E-state index in [-0.39, 0.29) is 12.1 Å². The Morgan fingerprint density at radius 3 is 2.32 bits per heavy atom. The molecule has 22 heavy (non-hydrogen) atoms. The van der Waals surface area contributed by atoms with E-state index in [1.54, 1.807) is 0 Å². The van der Waals surface area contributed by atoms with Crippen LogP contribution in [0.3, 0.4) is 0 Å². The molecule has 2 aliphatic rings. The van der Waals surface area contributed by atoms with Crippen molar-refractivity contribution in [3.63, 3.8) is 0 Å². The summed E-state index contributed by atoms with van der Waals surface area (Å²) in [5.74, 6) is -0.739. The molecule has 0 aromatic heterocycles. The lowest BCUT2D eigenvalue weighted by molar-refractivity contribution is -0.121. The molecule has 0 radical (unpaired) electrons. The number of nitrogens with one attached hydrogen (secondary N) is 2. The number of hydrogen-bond acceptors (Lipinski definition) is 4. The van der Waals surface area contributed by atoms with E-state index < -0.39 is 28.7 Å². The molecule has 0 unspecified atom stereocenters. The Hall–Kier alpha value is -0.380. The first-order chi connectivity index (χ1) is 10.2. The maximum atomic E-state index is 12.0. The average Bonchev–Trinajstić information content (AvgIpc) is 3.17. The number of halogens is 3. The Morgan fingerprint density at radius 1 is 1.14 bits per heavy atom. The quantitative estimate of drug-likeness (QED) is 0.706. The van der Waals surface area contributed by atoms with Crippen LogP contribution in [0.1, 0.15) is 44.9 Å². The van der Waals surface area contributed by atoms with Gasteiger partial charge in [-0.1, -0.05) is 19.3 Å². The van der Waals surface area contributed by atoms with Gasteiger partial charge in [0.05, 0.1) is 6.61 Å². The molecular formula is C13H23F3N2O3S. The van der Waals surface area contributed by atoms with Gasteiger partial charge in [0.25, 0.3) is 0 Å². The standard InChI is InChI=1S/C13H23F3N2O3S/c14-13(15,16)8-17-22(19,20)10-21-9-12(6-7-12)18-11-4-2-1-3-5-11/h11,17-18H,1-10H2. The van der Waals surface area contributed by atoms with E-state index in [1.807, 2.05) is 0 Å². The number of hydrogen-bond donors (Lipinski definition) is 2. The van der Waals surface area contributed by atoms with Gasteiger partial charge >= 0.3 is 6.18 Å². The van der Waals surface area contributed by atoms with Crippen molar-refractivity contribution in [1.29, 1.82) is 0 Å². The average molecular weight is 344 g/mol. The Kier molecular flexibility index (Phi) is 5.73. The van der Waals surface area contributed by atoms with E-state index in [2.05, 4.69) is 5.32 Å². The second-order valence-corrected chi connectivity index (χ2v) is 8.03. The van der Waals surface area contributed by atoms with Crippen molar-refractivity contribution < 1.29 is 26.3 Å². The highest BCUT2D eigenvalue weighted by Crippen LogP contribution is 2.37. The minimum Gasteiger partial charge on any atom is -0.362 e. The van der Waals surface area contributed by atoms with E-state index >= 15 is 0 Å². The lowest BCUT2D eigenvalue weighted by atomic mass is 9.94. The summed E-state index contributed by atoms with van der Waals surface area (Å²) in [4.78, 5) is 0. The highest BCUT2D eigenvalue weighted by Gasteiger charge is 2.44.